The molecule has 0 spiro atoms. The first-order valence-corrected chi connectivity index (χ1v) is 6.56. The molecule has 0 aliphatic rings. The molecule has 0 bridgehead atoms. The van der Waals surface area contributed by atoms with Gasteiger partial charge in [-0.15, -0.1) is 0 Å². The quantitative estimate of drug-likeness (QED) is 0.782. The number of Topliss-reactive ketones (excluding diaryl/α,β-unsaturated/α-hetero) is 1. The Morgan fingerprint density at radius 3 is 2.50 bits per heavy atom. The second-order valence-corrected chi connectivity index (χ2v) is 4.59. The van der Waals surface area contributed by atoms with Gasteiger partial charge >= 0.3 is 0 Å². The first kappa shape index (κ1) is 14.2. The third-order valence-electron chi connectivity index (χ3n) is 3.20. The van der Waals surface area contributed by atoms with E-state index in [-0.39, 0.29) is 11.6 Å². The molecule has 4 heteroatoms. The van der Waals surface area contributed by atoms with Crippen LogP contribution in [0.4, 0.5) is 10.1 Å². The Balaban J connectivity index is 2.26. The van der Waals surface area contributed by atoms with Crippen LogP contribution in [-0.2, 0) is 6.54 Å². The van der Waals surface area contributed by atoms with Gasteiger partial charge < -0.3 is 4.90 Å². The molecule has 0 saturated carbocycles. The molecule has 0 saturated heterocycles. The molecule has 3 nitrogen and oxygen atoms in total. The Labute approximate surface area is 118 Å². The largest absolute Gasteiger partial charge is 0.365 e. The summed E-state index contributed by atoms with van der Waals surface area (Å²) in [5.74, 6) is -0.499. The van der Waals surface area contributed by atoms with Gasteiger partial charge in [0.25, 0.3) is 0 Å². The van der Waals surface area contributed by atoms with Crippen LogP contribution in [-0.4, -0.2) is 17.3 Å². The number of hydrogen-bond donors (Lipinski definition) is 0. The van der Waals surface area contributed by atoms with Gasteiger partial charge in [-0.3, -0.25) is 9.78 Å². The van der Waals surface area contributed by atoms with E-state index >= 15 is 0 Å². The summed E-state index contributed by atoms with van der Waals surface area (Å²) < 4.78 is 14.1. The van der Waals surface area contributed by atoms with E-state index in [1.807, 2.05) is 24.0 Å². The summed E-state index contributed by atoms with van der Waals surface area (Å²) in [4.78, 5) is 17.1. The van der Waals surface area contributed by atoms with Crippen LogP contribution in [0.5, 0.6) is 0 Å². The minimum absolute atomic E-state index is 0.132. The van der Waals surface area contributed by atoms with Crippen molar-refractivity contribution in [1.82, 2.24) is 4.98 Å². The summed E-state index contributed by atoms with van der Waals surface area (Å²) in [7, 11) is 0. The number of hydrogen-bond acceptors (Lipinski definition) is 3. The molecule has 0 unspecified atom stereocenters. The first-order valence-electron chi connectivity index (χ1n) is 6.56. The molecular formula is C16H17FN2O. The number of anilines is 1. The Morgan fingerprint density at radius 1 is 1.25 bits per heavy atom. The fourth-order valence-corrected chi connectivity index (χ4v) is 2.06. The van der Waals surface area contributed by atoms with Gasteiger partial charge in [0.2, 0.25) is 0 Å². The molecule has 0 amide bonds. The highest BCUT2D eigenvalue weighted by molar-refractivity contribution is 5.94. The minimum atomic E-state index is -0.367. The Kier molecular flexibility index (Phi) is 4.45. The van der Waals surface area contributed by atoms with Crippen LogP contribution >= 0.6 is 0 Å². The maximum Gasteiger partial charge on any atom is 0.159 e. The number of ketones is 1. The van der Waals surface area contributed by atoms with Crippen molar-refractivity contribution in [3.63, 3.8) is 0 Å². The van der Waals surface area contributed by atoms with Gasteiger partial charge in [-0.1, -0.05) is 0 Å². The van der Waals surface area contributed by atoms with Crippen molar-refractivity contribution in [1.29, 1.82) is 0 Å². The van der Waals surface area contributed by atoms with E-state index in [1.54, 1.807) is 24.5 Å². The molecule has 104 valence electrons. The number of aromatic nitrogens is 1. The molecular weight excluding hydrogens is 255 g/mol. The Morgan fingerprint density at radius 2 is 1.95 bits per heavy atom. The molecule has 20 heavy (non-hydrogen) atoms. The first-order chi connectivity index (χ1) is 9.61. The van der Waals surface area contributed by atoms with Crippen molar-refractivity contribution < 1.29 is 9.18 Å². The number of carbonyl (C=O) groups excluding carboxylic acids is 1. The number of benzene rings is 1. The lowest BCUT2D eigenvalue weighted by Crippen LogP contribution is -2.23. The highest BCUT2D eigenvalue weighted by atomic mass is 19.1. The highest BCUT2D eigenvalue weighted by Crippen LogP contribution is 2.22. The maximum atomic E-state index is 14.1. The van der Waals surface area contributed by atoms with Crippen LogP contribution < -0.4 is 4.90 Å². The van der Waals surface area contributed by atoms with Crippen molar-refractivity contribution in [2.75, 3.05) is 11.4 Å². The molecule has 0 atom stereocenters. The predicted molar refractivity (Wildman–Crippen MR) is 77.4 cm³/mol. The molecule has 2 aromatic rings. The number of rotatable bonds is 5. The van der Waals surface area contributed by atoms with E-state index in [2.05, 4.69) is 4.98 Å². The van der Waals surface area contributed by atoms with Gasteiger partial charge in [-0.2, -0.15) is 0 Å². The van der Waals surface area contributed by atoms with Crippen LogP contribution in [0, 0.1) is 5.82 Å². The SMILES string of the molecule is CCN(Cc1ccncc1)c1ccc(C(C)=O)cc1F. The zero-order chi connectivity index (χ0) is 14.5. The summed E-state index contributed by atoms with van der Waals surface area (Å²) >= 11 is 0. The normalized spacial score (nSPS) is 10.3. The third kappa shape index (κ3) is 3.20. The van der Waals surface area contributed by atoms with Crippen LogP contribution in [0.25, 0.3) is 0 Å². The lowest BCUT2D eigenvalue weighted by atomic mass is 10.1. The lowest BCUT2D eigenvalue weighted by Gasteiger charge is -2.24. The topological polar surface area (TPSA) is 33.2 Å². The number of pyridine rings is 1. The van der Waals surface area contributed by atoms with Crippen molar-refractivity contribution >= 4 is 11.5 Å². The van der Waals surface area contributed by atoms with E-state index in [4.69, 9.17) is 0 Å². The maximum absolute atomic E-state index is 14.1. The van der Waals surface area contributed by atoms with Crippen molar-refractivity contribution in [2.45, 2.75) is 20.4 Å². The van der Waals surface area contributed by atoms with Crippen molar-refractivity contribution in [2.24, 2.45) is 0 Å². The molecule has 0 aliphatic carbocycles. The van der Waals surface area contributed by atoms with Crippen LogP contribution in [0.15, 0.2) is 42.7 Å². The molecule has 0 radical (unpaired) electrons. The van der Waals surface area contributed by atoms with Gasteiger partial charge in [0.15, 0.2) is 5.78 Å². The summed E-state index contributed by atoms with van der Waals surface area (Å²) in [5.41, 5.74) is 1.97. The third-order valence-corrected chi connectivity index (χ3v) is 3.20. The average Bonchev–Trinajstić information content (AvgIpc) is 2.46. The van der Waals surface area contributed by atoms with Crippen LogP contribution in [0.1, 0.15) is 29.8 Å². The smallest absolute Gasteiger partial charge is 0.159 e. The molecule has 0 N–H and O–H groups in total. The van der Waals surface area contributed by atoms with E-state index in [0.29, 0.717) is 24.3 Å². The molecule has 1 aromatic carbocycles. The molecule has 0 aliphatic heterocycles. The summed E-state index contributed by atoms with van der Waals surface area (Å²) in [5, 5.41) is 0. The Bertz CT molecular complexity index is 599. The van der Waals surface area contributed by atoms with Gasteiger partial charge in [0.1, 0.15) is 5.82 Å². The average molecular weight is 272 g/mol. The van der Waals surface area contributed by atoms with E-state index < -0.39 is 0 Å². The van der Waals surface area contributed by atoms with Gasteiger partial charge in [0.05, 0.1) is 5.69 Å². The van der Waals surface area contributed by atoms with Crippen molar-refractivity contribution in [3.8, 4) is 0 Å². The number of halogens is 1. The highest BCUT2D eigenvalue weighted by Gasteiger charge is 2.12. The standard InChI is InChI=1S/C16H17FN2O/c1-3-19(11-13-6-8-18-9-7-13)16-5-4-14(12(2)20)10-15(16)17/h4-10H,3,11H2,1-2H3. The molecule has 2 rings (SSSR count). The van der Waals surface area contributed by atoms with E-state index in [1.165, 1.54) is 13.0 Å². The van der Waals surface area contributed by atoms with Gasteiger partial charge in [0, 0.05) is 31.0 Å². The fourth-order valence-electron chi connectivity index (χ4n) is 2.06. The predicted octanol–water partition coefficient (Wildman–Crippen LogP) is 3.45. The lowest BCUT2D eigenvalue weighted by molar-refractivity contribution is 0.101. The molecule has 1 aromatic heterocycles. The van der Waals surface area contributed by atoms with Crippen LogP contribution in [0.3, 0.4) is 0 Å². The summed E-state index contributed by atoms with van der Waals surface area (Å²) in [6, 6.07) is 8.44. The molecule has 1 heterocycles. The minimum Gasteiger partial charge on any atom is -0.365 e. The molecule has 0 fully saturated rings. The monoisotopic (exact) mass is 272 g/mol. The second kappa shape index (κ2) is 6.28. The number of nitrogens with zero attached hydrogens (tertiary/aromatic N) is 2. The van der Waals surface area contributed by atoms with Gasteiger partial charge in [-0.25, -0.2) is 4.39 Å². The fraction of sp³-hybridized carbons (Fsp3) is 0.250. The van der Waals surface area contributed by atoms with Crippen molar-refractivity contribution in [3.05, 3.63) is 59.7 Å². The number of carbonyl (C=O) groups is 1. The van der Waals surface area contributed by atoms with Gasteiger partial charge in [-0.05, 0) is 49.7 Å². The summed E-state index contributed by atoms with van der Waals surface area (Å²) in [6.45, 7) is 4.69. The van der Waals surface area contributed by atoms with Crippen LogP contribution in [0.2, 0.25) is 0 Å². The second-order valence-electron chi connectivity index (χ2n) is 4.59. The Hall–Kier alpha value is -2.23. The summed E-state index contributed by atoms with van der Waals surface area (Å²) in [6.07, 6.45) is 3.44. The zero-order valence-electron chi connectivity index (χ0n) is 11.6. The van der Waals surface area contributed by atoms with E-state index in [9.17, 15) is 9.18 Å². The van der Waals surface area contributed by atoms with E-state index in [0.717, 1.165) is 5.56 Å². The zero-order valence-corrected chi connectivity index (χ0v) is 11.6.